The molecule has 3 N–H and O–H groups in total. The second kappa shape index (κ2) is 7.68. The van der Waals surface area contributed by atoms with Crippen LogP contribution in [0.15, 0.2) is 54.6 Å². The second-order valence-corrected chi connectivity index (χ2v) is 8.42. The maximum atomic E-state index is 12.5. The van der Waals surface area contributed by atoms with Crippen LogP contribution in [0.25, 0.3) is 16.9 Å². The topological polar surface area (TPSA) is 72.9 Å². The molecule has 1 amide bonds. The van der Waals surface area contributed by atoms with Gasteiger partial charge in [0.05, 0.1) is 11.4 Å². The fourth-order valence-electron chi connectivity index (χ4n) is 2.64. The van der Waals surface area contributed by atoms with E-state index < -0.39 is 0 Å². The van der Waals surface area contributed by atoms with E-state index in [1.165, 1.54) is 0 Å². The molecule has 0 saturated heterocycles. The molecule has 0 aliphatic rings. The molecule has 0 bridgehead atoms. The molecule has 0 unspecified atom stereocenters. The molecule has 0 fully saturated rings. The molecule has 1 aromatic heterocycles. The summed E-state index contributed by atoms with van der Waals surface area (Å²) in [5, 5.41) is 8.26. The Morgan fingerprint density at radius 1 is 1.14 bits per heavy atom. The minimum atomic E-state index is -0.0953. The number of halogens is 1. The minimum absolute atomic E-state index is 0.00412. The zero-order valence-corrected chi connectivity index (χ0v) is 17.3. The highest BCUT2D eigenvalue weighted by molar-refractivity contribution is 6.30. The van der Waals surface area contributed by atoms with Crippen LogP contribution in [-0.2, 0) is 0 Å². The van der Waals surface area contributed by atoms with Crippen LogP contribution in [0.4, 0.5) is 5.82 Å². The Morgan fingerprint density at radius 2 is 1.82 bits per heavy atom. The number of nitrogens with two attached hydrogens (primary N) is 1. The predicted molar refractivity (Wildman–Crippen MR) is 115 cm³/mol. The predicted octanol–water partition coefficient (Wildman–Crippen LogP) is 4.94. The van der Waals surface area contributed by atoms with Crippen molar-refractivity contribution in [2.24, 2.45) is 5.41 Å². The van der Waals surface area contributed by atoms with Crippen LogP contribution >= 0.6 is 11.6 Å². The Hall–Kier alpha value is -2.79. The second-order valence-electron chi connectivity index (χ2n) is 7.98. The van der Waals surface area contributed by atoms with E-state index in [9.17, 15) is 4.79 Å². The van der Waals surface area contributed by atoms with Gasteiger partial charge in [-0.05, 0) is 48.7 Å². The highest BCUT2D eigenvalue weighted by Crippen LogP contribution is 2.25. The lowest BCUT2D eigenvalue weighted by Crippen LogP contribution is -2.41. The van der Waals surface area contributed by atoms with E-state index >= 15 is 0 Å². The van der Waals surface area contributed by atoms with Crippen molar-refractivity contribution in [3.63, 3.8) is 0 Å². The van der Waals surface area contributed by atoms with Gasteiger partial charge in [0.1, 0.15) is 5.82 Å². The molecule has 3 aromatic rings. The molecule has 0 aliphatic carbocycles. The first-order chi connectivity index (χ1) is 13.1. The molecule has 146 valence electrons. The molecule has 0 saturated carbocycles. The van der Waals surface area contributed by atoms with Crippen molar-refractivity contribution in [1.82, 2.24) is 15.1 Å². The molecule has 1 heterocycles. The number of carbonyl (C=O) groups excluding carboxylic acids is 1. The van der Waals surface area contributed by atoms with Crippen LogP contribution in [0.1, 0.15) is 38.1 Å². The summed E-state index contributed by atoms with van der Waals surface area (Å²) in [7, 11) is 0. The van der Waals surface area contributed by atoms with Gasteiger partial charge in [0.15, 0.2) is 0 Å². The standard InChI is InChI=1S/C22H25ClN4O/c1-14(22(2,3)4)25-21(28)15-8-10-18(11-9-15)27-20(24)13-19(26-27)16-6-5-7-17(23)12-16/h5-14H,24H2,1-4H3,(H,25,28)/t14-/m1/s1. The number of hydrogen-bond donors (Lipinski definition) is 2. The van der Waals surface area contributed by atoms with Crippen LogP contribution in [0.2, 0.25) is 5.02 Å². The Kier molecular flexibility index (Phi) is 5.47. The number of rotatable bonds is 4. The largest absolute Gasteiger partial charge is 0.384 e. The first-order valence-electron chi connectivity index (χ1n) is 9.18. The molecule has 0 aliphatic heterocycles. The van der Waals surface area contributed by atoms with Crippen LogP contribution in [0.3, 0.4) is 0 Å². The molecule has 0 radical (unpaired) electrons. The molecule has 28 heavy (non-hydrogen) atoms. The van der Waals surface area contributed by atoms with E-state index in [4.69, 9.17) is 17.3 Å². The maximum absolute atomic E-state index is 12.5. The van der Waals surface area contributed by atoms with Gasteiger partial charge in [0.2, 0.25) is 0 Å². The van der Waals surface area contributed by atoms with Gasteiger partial charge in [-0.15, -0.1) is 0 Å². The number of hydrogen-bond acceptors (Lipinski definition) is 3. The third-order valence-corrected chi connectivity index (χ3v) is 5.11. The van der Waals surface area contributed by atoms with E-state index in [1.807, 2.05) is 43.3 Å². The molecule has 1 atom stereocenters. The monoisotopic (exact) mass is 396 g/mol. The SMILES string of the molecule is C[C@@H](NC(=O)c1ccc(-n2nc(-c3cccc(Cl)c3)cc2N)cc1)C(C)(C)C. The molecular weight excluding hydrogens is 372 g/mol. The fraction of sp³-hybridized carbons (Fsp3) is 0.273. The quantitative estimate of drug-likeness (QED) is 0.656. The summed E-state index contributed by atoms with van der Waals surface area (Å²) in [6.07, 6.45) is 0. The van der Waals surface area contributed by atoms with Crippen molar-refractivity contribution >= 4 is 23.3 Å². The van der Waals surface area contributed by atoms with Crippen LogP contribution in [0, 0.1) is 5.41 Å². The average molecular weight is 397 g/mol. The van der Waals surface area contributed by atoms with Crippen molar-refractivity contribution in [3.05, 3.63) is 65.2 Å². The Labute approximate surface area is 170 Å². The highest BCUT2D eigenvalue weighted by atomic mass is 35.5. The number of benzene rings is 2. The fourth-order valence-corrected chi connectivity index (χ4v) is 2.83. The van der Waals surface area contributed by atoms with E-state index in [2.05, 4.69) is 31.2 Å². The summed E-state index contributed by atoms with van der Waals surface area (Å²) in [6, 6.07) is 16.6. The van der Waals surface area contributed by atoms with Crippen molar-refractivity contribution in [3.8, 4) is 16.9 Å². The van der Waals surface area contributed by atoms with Crippen LogP contribution in [0.5, 0.6) is 0 Å². The zero-order valence-electron chi connectivity index (χ0n) is 16.5. The van der Waals surface area contributed by atoms with Crippen molar-refractivity contribution < 1.29 is 4.79 Å². The summed E-state index contributed by atoms with van der Waals surface area (Å²) < 4.78 is 1.65. The normalized spacial score (nSPS) is 12.6. The Balaban J connectivity index is 1.81. The van der Waals surface area contributed by atoms with Crippen molar-refractivity contribution in [1.29, 1.82) is 0 Å². The summed E-state index contributed by atoms with van der Waals surface area (Å²) in [5.41, 5.74) is 9.16. The molecular formula is C22H25ClN4O. The lowest BCUT2D eigenvalue weighted by atomic mass is 9.88. The lowest BCUT2D eigenvalue weighted by Gasteiger charge is -2.28. The summed E-state index contributed by atoms with van der Waals surface area (Å²) in [6.45, 7) is 8.30. The molecule has 0 spiro atoms. The first kappa shape index (κ1) is 20.0. The van der Waals surface area contributed by atoms with Crippen LogP contribution in [-0.4, -0.2) is 21.7 Å². The van der Waals surface area contributed by atoms with Crippen molar-refractivity contribution in [2.75, 3.05) is 5.73 Å². The summed E-state index contributed by atoms with van der Waals surface area (Å²) in [5.74, 6) is 0.413. The highest BCUT2D eigenvalue weighted by Gasteiger charge is 2.22. The van der Waals surface area contributed by atoms with Gasteiger partial charge in [-0.2, -0.15) is 5.10 Å². The zero-order chi connectivity index (χ0) is 20.5. The smallest absolute Gasteiger partial charge is 0.251 e. The van der Waals surface area contributed by atoms with E-state index in [0.29, 0.717) is 16.4 Å². The molecule has 3 rings (SSSR count). The minimum Gasteiger partial charge on any atom is -0.384 e. The van der Waals surface area contributed by atoms with E-state index in [1.54, 1.807) is 22.9 Å². The molecule has 2 aromatic carbocycles. The number of carbonyl (C=O) groups is 1. The van der Waals surface area contributed by atoms with E-state index in [0.717, 1.165) is 16.9 Å². The van der Waals surface area contributed by atoms with E-state index in [-0.39, 0.29) is 17.4 Å². The third kappa shape index (κ3) is 4.37. The number of anilines is 1. The molecule has 5 nitrogen and oxygen atoms in total. The van der Waals surface area contributed by atoms with Gasteiger partial charge in [0.25, 0.3) is 5.91 Å². The van der Waals surface area contributed by atoms with Gasteiger partial charge in [-0.25, -0.2) is 4.68 Å². The third-order valence-electron chi connectivity index (χ3n) is 4.88. The number of amides is 1. The number of nitrogens with one attached hydrogen (secondary N) is 1. The van der Waals surface area contributed by atoms with Crippen molar-refractivity contribution in [2.45, 2.75) is 33.7 Å². The first-order valence-corrected chi connectivity index (χ1v) is 9.56. The summed E-state index contributed by atoms with van der Waals surface area (Å²) >= 11 is 6.07. The van der Waals surface area contributed by atoms with Gasteiger partial charge < -0.3 is 11.1 Å². The Morgan fingerprint density at radius 3 is 2.43 bits per heavy atom. The van der Waals surface area contributed by atoms with Gasteiger partial charge in [-0.1, -0.05) is 44.5 Å². The number of aromatic nitrogens is 2. The maximum Gasteiger partial charge on any atom is 0.251 e. The van der Waals surface area contributed by atoms with Gasteiger partial charge in [-0.3, -0.25) is 4.79 Å². The summed E-state index contributed by atoms with van der Waals surface area (Å²) in [4.78, 5) is 12.5. The molecule has 6 heteroatoms. The number of nitrogen functional groups attached to an aromatic ring is 1. The van der Waals surface area contributed by atoms with Gasteiger partial charge >= 0.3 is 0 Å². The lowest BCUT2D eigenvalue weighted by molar-refractivity contribution is 0.0910. The van der Waals surface area contributed by atoms with Crippen LogP contribution < -0.4 is 11.1 Å². The average Bonchev–Trinajstić information content (AvgIpc) is 3.03. The Bertz CT molecular complexity index is 987. The number of nitrogens with zero attached hydrogens (tertiary/aromatic N) is 2. The van der Waals surface area contributed by atoms with Gasteiger partial charge in [0, 0.05) is 28.3 Å².